The first-order chi connectivity index (χ1) is 11.7. The second kappa shape index (κ2) is 7.02. The third-order valence-electron chi connectivity index (χ3n) is 3.22. The van der Waals surface area contributed by atoms with E-state index in [0.29, 0.717) is 16.8 Å². The van der Waals surface area contributed by atoms with E-state index >= 15 is 0 Å². The molecular weight excluding hydrogens is 327 g/mol. The lowest BCUT2D eigenvalue weighted by atomic mass is 10.1. The highest BCUT2D eigenvalue weighted by molar-refractivity contribution is 7.13. The van der Waals surface area contributed by atoms with Gasteiger partial charge in [0.25, 0.3) is 0 Å². The summed E-state index contributed by atoms with van der Waals surface area (Å²) in [5, 5.41) is 11.4. The van der Waals surface area contributed by atoms with Crippen molar-refractivity contribution in [2.45, 2.75) is 6.61 Å². The third kappa shape index (κ3) is 3.65. The number of benzene rings is 2. The summed E-state index contributed by atoms with van der Waals surface area (Å²) in [5.41, 5.74) is 2.14. The lowest BCUT2D eigenvalue weighted by Crippen LogP contribution is -2.05. The zero-order valence-electron chi connectivity index (χ0n) is 12.4. The van der Waals surface area contributed by atoms with Gasteiger partial charge in [0.1, 0.15) is 17.4 Å². The van der Waals surface area contributed by atoms with Gasteiger partial charge in [-0.3, -0.25) is 0 Å². The van der Waals surface area contributed by atoms with Crippen LogP contribution in [0.5, 0.6) is 0 Å². The number of hydrogen-bond donors (Lipinski definition) is 0. The highest BCUT2D eigenvalue weighted by Gasteiger charge is 2.10. The monoisotopic (exact) mass is 338 g/mol. The summed E-state index contributed by atoms with van der Waals surface area (Å²) in [7, 11) is 0. The molecule has 0 spiro atoms. The standard InChI is InChI=1S/C18H11FN2O2S/c19-15-6-4-13(5-7-15)17-21-16(11-24-17)10-23-18(22)14-3-1-2-12(8-14)9-20/h1-8,11H,10H2. The van der Waals surface area contributed by atoms with E-state index in [9.17, 15) is 9.18 Å². The molecule has 3 aromatic rings. The number of esters is 1. The largest absolute Gasteiger partial charge is 0.456 e. The molecule has 0 unspecified atom stereocenters. The van der Waals surface area contributed by atoms with Gasteiger partial charge >= 0.3 is 5.97 Å². The van der Waals surface area contributed by atoms with Gasteiger partial charge in [-0.15, -0.1) is 11.3 Å². The van der Waals surface area contributed by atoms with Crippen LogP contribution in [-0.4, -0.2) is 11.0 Å². The van der Waals surface area contributed by atoms with Crippen LogP contribution in [0.25, 0.3) is 10.6 Å². The maximum Gasteiger partial charge on any atom is 0.338 e. The summed E-state index contributed by atoms with van der Waals surface area (Å²) < 4.78 is 18.2. The number of aromatic nitrogens is 1. The Kier molecular flexibility index (Phi) is 4.64. The number of halogens is 1. The molecule has 118 valence electrons. The molecule has 0 bridgehead atoms. The first-order valence-corrected chi connectivity index (χ1v) is 7.91. The van der Waals surface area contributed by atoms with Crippen molar-refractivity contribution in [1.82, 2.24) is 4.98 Å². The minimum atomic E-state index is -0.511. The molecule has 0 saturated heterocycles. The summed E-state index contributed by atoms with van der Waals surface area (Å²) in [5.74, 6) is -0.813. The molecule has 24 heavy (non-hydrogen) atoms. The molecule has 0 aliphatic carbocycles. The van der Waals surface area contributed by atoms with Crippen LogP contribution >= 0.6 is 11.3 Å². The first kappa shape index (κ1) is 15.8. The van der Waals surface area contributed by atoms with E-state index in [0.717, 1.165) is 10.6 Å². The Hall–Kier alpha value is -3.04. The molecule has 0 aliphatic heterocycles. The lowest BCUT2D eigenvalue weighted by molar-refractivity contribution is 0.0468. The molecule has 6 heteroatoms. The second-order valence-corrected chi connectivity index (χ2v) is 5.78. The van der Waals surface area contributed by atoms with Crippen LogP contribution in [0.4, 0.5) is 4.39 Å². The Morgan fingerprint density at radius 2 is 2.04 bits per heavy atom. The van der Waals surface area contributed by atoms with Gasteiger partial charge in [0, 0.05) is 10.9 Å². The van der Waals surface area contributed by atoms with Crippen molar-refractivity contribution in [2.75, 3.05) is 0 Å². The molecular formula is C18H11FN2O2S. The van der Waals surface area contributed by atoms with E-state index in [1.165, 1.54) is 29.5 Å². The molecule has 0 radical (unpaired) electrons. The molecule has 0 atom stereocenters. The van der Waals surface area contributed by atoms with Crippen molar-refractivity contribution in [3.05, 3.63) is 76.5 Å². The smallest absolute Gasteiger partial charge is 0.338 e. The molecule has 0 amide bonds. The van der Waals surface area contributed by atoms with Gasteiger partial charge in [0.05, 0.1) is 22.9 Å². The Morgan fingerprint density at radius 3 is 2.79 bits per heavy atom. The molecule has 1 heterocycles. The van der Waals surface area contributed by atoms with E-state index in [1.807, 2.05) is 6.07 Å². The van der Waals surface area contributed by atoms with Crippen molar-refractivity contribution in [2.24, 2.45) is 0 Å². The Balaban J connectivity index is 1.66. The predicted octanol–water partition coefficient (Wildman–Crippen LogP) is 4.18. The van der Waals surface area contributed by atoms with Gasteiger partial charge in [-0.05, 0) is 42.5 Å². The van der Waals surface area contributed by atoms with Gasteiger partial charge < -0.3 is 4.74 Å². The average molecular weight is 338 g/mol. The summed E-state index contributed by atoms with van der Waals surface area (Å²) in [6.45, 7) is 0.0350. The number of carbonyl (C=O) groups excluding carboxylic acids is 1. The van der Waals surface area contributed by atoms with Gasteiger partial charge in [-0.2, -0.15) is 5.26 Å². The summed E-state index contributed by atoms with van der Waals surface area (Å²) in [6, 6.07) is 14.3. The highest BCUT2D eigenvalue weighted by Crippen LogP contribution is 2.24. The van der Waals surface area contributed by atoms with Crippen LogP contribution in [0.2, 0.25) is 0 Å². The maximum atomic E-state index is 12.9. The van der Waals surface area contributed by atoms with Gasteiger partial charge in [-0.25, -0.2) is 14.2 Å². The van der Waals surface area contributed by atoms with Crippen LogP contribution in [0.3, 0.4) is 0 Å². The fraction of sp³-hybridized carbons (Fsp3) is 0.0556. The quantitative estimate of drug-likeness (QED) is 0.670. The predicted molar refractivity (Wildman–Crippen MR) is 87.8 cm³/mol. The van der Waals surface area contributed by atoms with Crippen LogP contribution < -0.4 is 0 Å². The molecule has 1 aromatic heterocycles. The van der Waals surface area contributed by atoms with Crippen LogP contribution in [0.15, 0.2) is 53.9 Å². The van der Waals surface area contributed by atoms with Crippen LogP contribution in [0, 0.1) is 17.1 Å². The van der Waals surface area contributed by atoms with E-state index in [4.69, 9.17) is 10.00 Å². The van der Waals surface area contributed by atoms with E-state index in [2.05, 4.69) is 4.98 Å². The fourth-order valence-electron chi connectivity index (χ4n) is 2.04. The van der Waals surface area contributed by atoms with E-state index in [-0.39, 0.29) is 12.4 Å². The molecule has 3 rings (SSSR count). The minimum absolute atomic E-state index is 0.0350. The lowest BCUT2D eigenvalue weighted by Gasteiger charge is -2.03. The summed E-state index contributed by atoms with van der Waals surface area (Å²) in [6.07, 6.45) is 0. The summed E-state index contributed by atoms with van der Waals surface area (Å²) in [4.78, 5) is 16.4. The topological polar surface area (TPSA) is 63.0 Å². The van der Waals surface area contributed by atoms with E-state index in [1.54, 1.807) is 35.7 Å². The SMILES string of the molecule is N#Cc1cccc(C(=O)OCc2csc(-c3ccc(F)cc3)n2)c1. The minimum Gasteiger partial charge on any atom is -0.456 e. The molecule has 2 aromatic carbocycles. The molecule has 4 nitrogen and oxygen atoms in total. The van der Waals surface area contributed by atoms with Crippen molar-refractivity contribution in [1.29, 1.82) is 5.26 Å². The first-order valence-electron chi connectivity index (χ1n) is 7.03. The number of carbonyl (C=O) groups is 1. The van der Waals surface area contributed by atoms with Crippen molar-refractivity contribution in [3.8, 4) is 16.6 Å². The Labute approximate surface area is 141 Å². The van der Waals surface area contributed by atoms with Gasteiger partial charge in [0.2, 0.25) is 0 Å². The zero-order chi connectivity index (χ0) is 16.9. The maximum absolute atomic E-state index is 12.9. The Bertz CT molecular complexity index is 913. The van der Waals surface area contributed by atoms with Crippen LogP contribution in [0.1, 0.15) is 21.6 Å². The van der Waals surface area contributed by atoms with Crippen molar-refractivity contribution < 1.29 is 13.9 Å². The zero-order valence-corrected chi connectivity index (χ0v) is 13.2. The Morgan fingerprint density at radius 1 is 1.25 bits per heavy atom. The average Bonchev–Trinajstić information content (AvgIpc) is 3.09. The van der Waals surface area contributed by atoms with Crippen molar-refractivity contribution in [3.63, 3.8) is 0 Å². The fourth-order valence-corrected chi connectivity index (χ4v) is 2.85. The van der Waals surface area contributed by atoms with Gasteiger partial charge in [-0.1, -0.05) is 6.07 Å². The number of hydrogen-bond acceptors (Lipinski definition) is 5. The summed E-state index contributed by atoms with van der Waals surface area (Å²) >= 11 is 1.39. The molecule has 0 saturated carbocycles. The number of nitriles is 1. The third-order valence-corrected chi connectivity index (χ3v) is 4.16. The number of ether oxygens (including phenoxy) is 1. The normalized spacial score (nSPS) is 10.2. The van der Waals surface area contributed by atoms with Crippen molar-refractivity contribution >= 4 is 17.3 Å². The molecule has 0 N–H and O–H groups in total. The second-order valence-electron chi connectivity index (χ2n) is 4.92. The highest BCUT2D eigenvalue weighted by atomic mass is 32.1. The number of thiazole rings is 1. The number of nitrogens with zero attached hydrogens (tertiary/aromatic N) is 2. The van der Waals surface area contributed by atoms with Crippen LogP contribution in [-0.2, 0) is 11.3 Å². The van der Waals surface area contributed by atoms with E-state index < -0.39 is 5.97 Å². The molecule has 0 fully saturated rings. The van der Waals surface area contributed by atoms with Gasteiger partial charge in [0.15, 0.2) is 0 Å². The number of rotatable bonds is 4. The molecule has 0 aliphatic rings.